The number of rotatable bonds is 1. The molecule has 2 amide bonds. The Kier molecular flexibility index (Phi) is 6.77. The van der Waals surface area contributed by atoms with E-state index >= 15 is 0 Å². The highest BCUT2D eigenvalue weighted by molar-refractivity contribution is 5.94. The lowest BCUT2D eigenvalue weighted by Crippen LogP contribution is -2.54. The standard InChI is InChI=1S/C26H33N3O3/c1-20-9-7-15-27-23(20)24(30)29-16-8-14-26(19-29)13-6-5-11-21-10-3-4-12-22(21)32-18-17-28(2)25(26)31/h3-4,7,9-10,12,15H,5-6,8,11,13-14,16-19H2,1-2H3. The molecule has 2 aromatic rings. The molecule has 1 spiro atoms. The highest BCUT2D eigenvalue weighted by Gasteiger charge is 2.44. The van der Waals surface area contributed by atoms with E-state index in [0.717, 1.165) is 49.8 Å². The van der Waals surface area contributed by atoms with E-state index in [-0.39, 0.29) is 11.8 Å². The Labute approximate surface area is 190 Å². The molecule has 0 bridgehead atoms. The van der Waals surface area contributed by atoms with E-state index in [9.17, 15) is 9.59 Å². The van der Waals surface area contributed by atoms with Crippen LogP contribution in [0.25, 0.3) is 0 Å². The van der Waals surface area contributed by atoms with Crippen LogP contribution in [0.3, 0.4) is 0 Å². The first kappa shape index (κ1) is 22.3. The van der Waals surface area contributed by atoms with Crippen LogP contribution in [0.4, 0.5) is 0 Å². The zero-order valence-electron chi connectivity index (χ0n) is 19.2. The number of carbonyl (C=O) groups is 2. The maximum atomic E-state index is 13.7. The van der Waals surface area contributed by atoms with Crippen LogP contribution in [0.1, 0.15) is 53.7 Å². The first-order valence-electron chi connectivity index (χ1n) is 11.7. The number of piperidine rings is 1. The number of hydrogen-bond donors (Lipinski definition) is 0. The smallest absolute Gasteiger partial charge is 0.272 e. The Bertz CT molecular complexity index is 976. The molecule has 1 fully saturated rings. The van der Waals surface area contributed by atoms with Gasteiger partial charge in [-0.25, -0.2) is 0 Å². The SMILES string of the molecule is Cc1cccnc1C(=O)N1CCCC2(CCCCc3ccccc3OCCN(C)C2=O)C1. The third-order valence-corrected chi connectivity index (χ3v) is 6.88. The molecule has 6 nitrogen and oxygen atoms in total. The molecule has 1 atom stereocenters. The Morgan fingerprint density at radius 1 is 1.06 bits per heavy atom. The number of ether oxygens (including phenoxy) is 1. The highest BCUT2D eigenvalue weighted by atomic mass is 16.5. The first-order chi connectivity index (χ1) is 15.5. The van der Waals surface area contributed by atoms with Crippen LogP contribution in [0, 0.1) is 12.3 Å². The average molecular weight is 436 g/mol. The van der Waals surface area contributed by atoms with Crippen molar-refractivity contribution in [3.63, 3.8) is 0 Å². The van der Waals surface area contributed by atoms with Gasteiger partial charge in [0.25, 0.3) is 5.91 Å². The summed E-state index contributed by atoms with van der Waals surface area (Å²) in [6.45, 7) is 4.03. The number of aromatic nitrogens is 1. The molecular formula is C26H33N3O3. The summed E-state index contributed by atoms with van der Waals surface area (Å²) in [5.41, 5.74) is 2.05. The van der Waals surface area contributed by atoms with E-state index in [1.54, 1.807) is 11.1 Å². The molecule has 6 heteroatoms. The van der Waals surface area contributed by atoms with Gasteiger partial charge in [-0.1, -0.05) is 30.7 Å². The molecule has 2 aliphatic rings. The summed E-state index contributed by atoms with van der Waals surface area (Å²) >= 11 is 0. The summed E-state index contributed by atoms with van der Waals surface area (Å²) in [4.78, 5) is 34.9. The van der Waals surface area contributed by atoms with Crippen molar-refractivity contribution in [1.29, 1.82) is 0 Å². The highest BCUT2D eigenvalue weighted by Crippen LogP contribution is 2.38. The van der Waals surface area contributed by atoms with Crippen molar-refractivity contribution in [2.45, 2.75) is 45.4 Å². The van der Waals surface area contributed by atoms with E-state index < -0.39 is 5.41 Å². The number of nitrogens with zero attached hydrogens (tertiary/aromatic N) is 3. The van der Waals surface area contributed by atoms with Gasteiger partial charge in [-0.2, -0.15) is 0 Å². The molecule has 3 heterocycles. The molecule has 2 aliphatic heterocycles. The van der Waals surface area contributed by atoms with Gasteiger partial charge in [0.15, 0.2) is 0 Å². The van der Waals surface area contributed by atoms with Crippen molar-refractivity contribution >= 4 is 11.8 Å². The maximum Gasteiger partial charge on any atom is 0.272 e. The minimum atomic E-state index is -0.538. The van der Waals surface area contributed by atoms with Crippen LogP contribution >= 0.6 is 0 Å². The predicted octanol–water partition coefficient (Wildman–Crippen LogP) is 3.88. The number of likely N-dealkylation sites (N-methyl/N-ethyl adjacent to an activating group) is 1. The zero-order chi connectivity index (χ0) is 22.6. The molecule has 0 aliphatic carbocycles. The van der Waals surface area contributed by atoms with Crippen LogP contribution in [0.5, 0.6) is 5.75 Å². The normalized spacial score (nSPS) is 22.5. The summed E-state index contributed by atoms with van der Waals surface area (Å²) in [5, 5.41) is 0. The van der Waals surface area contributed by atoms with Crippen LogP contribution in [-0.4, -0.2) is 59.9 Å². The Balaban J connectivity index is 1.55. The summed E-state index contributed by atoms with van der Waals surface area (Å²) in [5.74, 6) is 0.981. The average Bonchev–Trinajstić information content (AvgIpc) is 2.81. The maximum absolute atomic E-state index is 13.7. The number of aryl methyl sites for hydroxylation is 2. The Hall–Kier alpha value is -2.89. The van der Waals surface area contributed by atoms with Crippen LogP contribution in [0.2, 0.25) is 0 Å². The molecular weight excluding hydrogens is 402 g/mol. The lowest BCUT2D eigenvalue weighted by atomic mass is 9.74. The van der Waals surface area contributed by atoms with E-state index in [0.29, 0.717) is 31.9 Å². The second kappa shape index (κ2) is 9.72. The third kappa shape index (κ3) is 4.64. The lowest BCUT2D eigenvalue weighted by molar-refractivity contribution is -0.144. The number of likely N-dealkylation sites (tertiary alicyclic amines) is 1. The van der Waals surface area contributed by atoms with Gasteiger partial charge in [0.1, 0.15) is 18.1 Å². The van der Waals surface area contributed by atoms with Crippen molar-refractivity contribution in [3.05, 3.63) is 59.4 Å². The Morgan fingerprint density at radius 3 is 2.72 bits per heavy atom. The number of amides is 2. The monoisotopic (exact) mass is 435 g/mol. The van der Waals surface area contributed by atoms with Crippen LogP contribution in [0.15, 0.2) is 42.6 Å². The molecule has 1 aromatic carbocycles. The van der Waals surface area contributed by atoms with Crippen LogP contribution in [-0.2, 0) is 11.2 Å². The topological polar surface area (TPSA) is 62.7 Å². The Morgan fingerprint density at radius 2 is 1.88 bits per heavy atom. The number of benzene rings is 1. The fourth-order valence-corrected chi connectivity index (χ4v) is 5.08. The summed E-state index contributed by atoms with van der Waals surface area (Å²) in [7, 11) is 1.86. The van der Waals surface area contributed by atoms with Gasteiger partial charge in [-0.3, -0.25) is 14.6 Å². The number of fused-ring (bicyclic) bond motifs is 1. The largest absolute Gasteiger partial charge is 0.491 e. The molecule has 4 rings (SSSR count). The molecule has 32 heavy (non-hydrogen) atoms. The van der Waals surface area contributed by atoms with E-state index in [4.69, 9.17) is 4.74 Å². The number of pyridine rings is 1. The molecule has 170 valence electrons. The minimum Gasteiger partial charge on any atom is -0.491 e. The fourth-order valence-electron chi connectivity index (χ4n) is 5.08. The van der Waals surface area contributed by atoms with Gasteiger partial charge in [-0.15, -0.1) is 0 Å². The first-order valence-corrected chi connectivity index (χ1v) is 11.7. The van der Waals surface area contributed by atoms with Crippen LogP contribution < -0.4 is 4.74 Å². The summed E-state index contributed by atoms with van der Waals surface area (Å²) in [6, 6.07) is 11.9. The van der Waals surface area contributed by atoms with Crippen molar-refractivity contribution < 1.29 is 14.3 Å². The quantitative estimate of drug-likeness (QED) is 0.682. The summed E-state index contributed by atoms with van der Waals surface area (Å²) in [6.07, 6.45) is 6.98. The third-order valence-electron chi connectivity index (χ3n) is 6.88. The van der Waals surface area contributed by atoms with Gasteiger partial charge in [0.05, 0.1) is 12.0 Å². The van der Waals surface area contributed by atoms with Gasteiger partial charge < -0.3 is 14.5 Å². The molecule has 1 unspecified atom stereocenters. The van der Waals surface area contributed by atoms with Gasteiger partial charge in [0, 0.05) is 26.3 Å². The van der Waals surface area contributed by atoms with Crippen molar-refractivity contribution in [1.82, 2.24) is 14.8 Å². The van der Waals surface area contributed by atoms with Gasteiger partial charge >= 0.3 is 0 Å². The minimum absolute atomic E-state index is 0.0685. The lowest BCUT2D eigenvalue weighted by Gasteiger charge is -2.43. The molecule has 1 aromatic heterocycles. The molecule has 0 radical (unpaired) electrons. The van der Waals surface area contributed by atoms with E-state index in [1.165, 1.54) is 5.56 Å². The number of para-hydroxylation sites is 1. The molecule has 0 N–H and O–H groups in total. The second-order valence-electron chi connectivity index (χ2n) is 9.17. The van der Waals surface area contributed by atoms with Gasteiger partial charge in [-0.05, 0) is 62.3 Å². The number of hydrogen-bond acceptors (Lipinski definition) is 4. The summed E-state index contributed by atoms with van der Waals surface area (Å²) < 4.78 is 6.02. The van der Waals surface area contributed by atoms with E-state index in [1.807, 2.05) is 43.1 Å². The zero-order valence-corrected chi connectivity index (χ0v) is 19.2. The second-order valence-corrected chi connectivity index (χ2v) is 9.17. The van der Waals surface area contributed by atoms with Crippen molar-refractivity contribution in [2.75, 3.05) is 33.3 Å². The molecule has 1 saturated heterocycles. The molecule has 0 saturated carbocycles. The van der Waals surface area contributed by atoms with Crippen molar-refractivity contribution in [3.8, 4) is 5.75 Å². The number of carbonyl (C=O) groups excluding carboxylic acids is 2. The van der Waals surface area contributed by atoms with Crippen molar-refractivity contribution in [2.24, 2.45) is 5.41 Å². The predicted molar refractivity (Wildman–Crippen MR) is 124 cm³/mol. The fraction of sp³-hybridized carbons (Fsp3) is 0.500. The van der Waals surface area contributed by atoms with Gasteiger partial charge in [0.2, 0.25) is 5.91 Å². The van der Waals surface area contributed by atoms with E-state index in [2.05, 4.69) is 17.1 Å².